The monoisotopic (exact) mass is 404 g/mol. The fourth-order valence-electron chi connectivity index (χ4n) is 3.16. The first kappa shape index (κ1) is 20.4. The molecule has 1 aliphatic heterocycles. The first-order valence-electron chi connectivity index (χ1n) is 8.80. The summed E-state index contributed by atoms with van der Waals surface area (Å²) in [6, 6.07) is 13.0. The molecule has 0 saturated heterocycles. The molecule has 0 spiro atoms. The SMILES string of the molecule is CN(Cc1ccccc1C(F)(F)F)C(=O)C1=NN(c2ccccc2)C(C(N)=O)C1. The van der Waals surface area contributed by atoms with Crippen LogP contribution in [0.5, 0.6) is 0 Å². The van der Waals surface area contributed by atoms with Gasteiger partial charge in [-0.3, -0.25) is 14.6 Å². The fraction of sp³-hybridized carbons (Fsp3) is 0.250. The molecule has 6 nitrogen and oxygen atoms in total. The van der Waals surface area contributed by atoms with Gasteiger partial charge in [-0.1, -0.05) is 36.4 Å². The Balaban J connectivity index is 1.82. The second-order valence-corrected chi connectivity index (χ2v) is 6.67. The van der Waals surface area contributed by atoms with Gasteiger partial charge in [0.15, 0.2) is 0 Å². The molecule has 2 aromatic rings. The number of benzene rings is 2. The van der Waals surface area contributed by atoms with E-state index in [9.17, 15) is 22.8 Å². The van der Waals surface area contributed by atoms with Crippen molar-refractivity contribution in [2.75, 3.05) is 12.1 Å². The summed E-state index contributed by atoms with van der Waals surface area (Å²) in [4.78, 5) is 25.8. The molecule has 0 aliphatic carbocycles. The quantitative estimate of drug-likeness (QED) is 0.832. The van der Waals surface area contributed by atoms with Crippen molar-refractivity contribution in [3.8, 4) is 0 Å². The number of carbonyl (C=O) groups excluding carboxylic acids is 2. The number of hydrogen-bond donors (Lipinski definition) is 1. The molecule has 1 atom stereocenters. The summed E-state index contributed by atoms with van der Waals surface area (Å²) < 4.78 is 39.6. The number of alkyl halides is 3. The van der Waals surface area contributed by atoms with E-state index < -0.39 is 29.6 Å². The number of nitrogens with two attached hydrogens (primary N) is 1. The van der Waals surface area contributed by atoms with E-state index in [0.717, 1.165) is 11.0 Å². The Hall–Kier alpha value is -3.36. The van der Waals surface area contributed by atoms with Gasteiger partial charge in [0.05, 0.1) is 11.3 Å². The highest BCUT2D eigenvalue weighted by molar-refractivity contribution is 6.40. The summed E-state index contributed by atoms with van der Waals surface area (Å²) in [5.41, 5.74) is 5.27. The van der Waals surface area contributed by atoms with E-state index in [0.29, 0.717) is 5.69 Å². The van der Waals surface area contributed by atoms with E-state index in [1.807, 2.05) is 0 Å². The molecule has 0 bridgehead atoms. The summed E-state index contributed by atoms with van der Waals surface area (Å²) in [5, 5.41) is 5.60. The number of halogens is 3. The molecule has 9 heteroatoms. The van der Waals surface area contributed by atoms with E-state index >= 15 is 0 Å². The van der Waals surface area contributed by atoms with Gasteiger partial charge in [-0.05, 0) is 23.8 Å². The molecule has 0 fully saturated rings. The normalized spacial score (nSPS) is 16.5. The highest BCUT2D eigenvalue weighted by Crippen LogP contribution is 2.32. The molecule has 152 valence electrons. The van der Waals surface area contributed by atoms with Gasteiger partial charge in [-0.2, -0.15) is 18.3 Å². The van der Waals surface area contributed by atoms with Crippen molar-refractivity contribution in [3.63, 3.8) is 0 Å². The highest BCUT2D eigenvalue weighted by atomic mass is 19.4. The smallest absolute Gasteiger partial charge is 0.368 e. The number of nitrogens with zero attached hydrogens (tertiary/aromatic N) is 3. The first-order chi connectivity index (χ1) is 13.7. The molecule has 3 rings (SSSR count). The van der Waals surface area contributed by atoms with Crippen molar-refractivity contribution in [3.05, 3.63) is 65.7 Å². The number of hydrogen-bond acceptors (Lipinski definition) is 4. The number of hydrazone groups is 1. The van der Waals surface area contributed by atoms with Gasteiger partial charge >= 0.3 is 6.18 Å². The number of rotatable bonds is 5. The maximum atomic E-state index is 13.2. The Kier molecular flexibility index (Phi) is 5.58. The second-order valence-electron chi connectivity index (χ2n) is 6.67. The lowest BCUT2D eigenvalue weighted by Crippen LogP contribution is -2.40. The maximum absolute atomic E-state index is 13.2. The van der Waals surface area contributed by atoms with Crippen LogP contribution in [0.1, 0.15) is 17.5 Å². The molecule has 1 heterocycles. The first-order valence-corrected chi connectivity index (χ1v) is 8.80. The van der Waals surface area contributed by atoms with Crippen LogP contribution in [0.4, 0.5) is 18.9 Å². The highest BCUT2D eigenvalue weighted by Gasteiger charge is 2.37. The zero-order chi connectivity index (χ0) is 21.2. The summed E-state index contributed by atoms with van der Waals surface area (Å²) in [6.45, 7) is -0.250. The van der Waals surface area contributed by atoms with Gasteiger partial charge < -0.3 is 10.6 Å². The lowest BCUT2D eigenvalue weighted by atomic mass is 10.1. The summed E-state index contributed by atoms with van der Waals surface area (Å²) in [7, 11) is 1.39. The summed E-state index contributed by atoms with van der Waals surface area (Å²) in [6.07, 6.45) is -4.54. The Bertz CT molecular complexity index is 944. The zero-order valence-corrected chi connectivity index (χ0v) is 15.6. The van der Waals surface area contributed by atoms with Crippen LogP contribution in [0.3, 0.4) is 0 Å². The van der Waals surface area contributed by atoms with Crippen molar-refractivity contribution in [2.45, 2.75) is 25.2 Å². The minimum Gasteiger partial charge on any atom is -0.368 e. The molecule has 2 amide bonds. The van der Waals surface area contributed by atoms with Gasteiger partial charge in [0, 0.05) is 20.0 Å². The molecule has 1 aliphatic rings. The van der Waals surface area contributed by atoms with Crippen LogP contribution in [-0.2, 0) is 22.3 Å². The lowest BCUT2D eigenvalue weighted by molar-refractivity contribution is -0.139. The predicted molar refractivity (Wildman–Crippen MR) is 102 cm³/mol. The number of anilines is 1. The standard InChI is InChI=1S/C20H19F3N4O2/c1-26(12-13-7-5-6-10-15(13)20(21,22)23)19(29)16-11-17(18(24)28)27(25-16)14-8-3-2-4-9-14/h2-10,17H,11-12H2,1H3,(H2,24,28). The molecule has 0 radical (unpaired) electrons. The fourth-order valence-corrected chi connectivity index (χ4v) is 3.16. The zero-order valence-electron chi connectivity index (χ0n) is 15.6. The van der Waals surface area contributed by atoms with Crippen molar-refractivity contribution in [1.82, 2.24) is 4.90 Å². The van der Waals surface area contributed by atoms with Crippen LogP contribution in [0.15, 0.2) is 59.7 Å². The third-order valence-corrected chi connectivity index (χ3v) is 4.58. The number of primary amides is 1. The maximum Gasteiger partial charge on any atom is 0.416 e. The van der Waals surface area contributed by atoms with E-state index in [1.165, 1.54) is 30.3 Å². The van der Waals surface area contributed by atoms with E-state index in [-0.39, 0.29) is 24.2 Å². The number of amides is 2. The van der Waals surface area contributed by atoms with E-state index in [4.69, 9.17) is 5.73 Å². The average Bonchev–Trinajstić information content (AvgIpc) is 3.13. The van der Waals surface area contributed by atoms with Gasteiger partial charge in [0.25, 0.3) is 5.91 Å². The molecule has 2 N–H and O–H groups in total. The topological polar surface area (TPSA) is 79.0 Å². The van der Waals surface area contributed by atoms with Gasteiger partial charge in [-0.25, -0.2) is 0 Å². The van der Waals surface area contributed by atoms with Crippen LogP contribution >= 0.6 is 0 Å². The van der Waals surface area contributed by atoms with Crippen LogP contribution in [0, 0.1) is 0 Å². The predicted octanol–water partition coefficient (Wildman–Crippen LogP) is 2.78. The van der Waals surface area contributed by atoms with Crippen LogP contribution in [0.2, 0.25) is 0 Å². The molecule has 29 heavy (non-hydrogen) atoms. The third-order valence-electron chi connectivity index (χ3n) is 4.58. The van der Waals surface area contributed by atoms with E-state index in [2.05, 4.69) is 5.10 Å². The molecule has 2 aromatic carbocycles. The average molecular weight is 404 g/mol. The van der Waals surface area contributed by atoms with Crippen LogP contribution in [0.25, 0.3) is 0 Å². The van der Waals surface area contributed by atoms with Crippen molar-refractivity contribution in [2.24, 2.45) is 10.8 Å². The molecular formula is C20H19F3N4O2. The Morgan fingerprint density at radius 3 is 2.38 bits per heavy atom. The third kappa shape index (κ3) is 4.39. The van der Waals surface area contributed by atoms with Crippen LogP contribution < -0.4 is 10.7 Å². The Labute approximate surface area is 165 Å². The molecular weight excluding hydrogens is 385 g/mol. The van der Waals surface area contributed by atoms with Gasteiger partial charge in [0.1, 0.15) is 11.8 Å². The Morgan fingerprint density at radius 2 is 1.76 bits per heavy atom. The molecule has 0 saturated carbocycles. The molecule has 1 unspecified atom stereocenters. The minimum absolute atomic E-state index is 0.0195. The molecule has 0 aromatic heterocycles. The van der Waals surface area contributed by atoms with Crippen molar-refractivity contribution >= 4 is 23.2 Å². The largest absolute Gasteiger partial charge is 0.416 e. The van der Waals surface area contributed by atoms with E-state index in [1.54, 1.807) is 30.3 Å². The lowest BCUT2D eigenvalue weighted by Gasteiger charge is -2.20. The summed E-state index contributed by atoms with van der Waals surface area (Å²) in [5.74, 6) is -1.21. The second kappa shape index (κ2) is 7.94. The number of para-hydroxylation sites is 1. The van der Waals surface area contributed by atoms with Crippen molar-refractivity contribution in [1.29, 1.82) is 0 Å². The Morgan fingerprint density at radius 1 is 1.14 bits per heavy atom. The van der Waals surface area contributed by atoms with Gasteiger partial charge in [0.2, 0.25) is 5.91 Å². The van der Waals surface area contributed by atoms with Crippen molar-refractivity contribution < 1.29 is 22.8 Å². The number of carbonyl (C=O) groups is 2. The van der Waals surface area contributed by atoms with Crippen LogP contribution in [-0.4, -0.2) is 35.5 Å². The van der Waals surface area contributed by atoms with Gasteiger partial charge in [-0.15, -0.1) is 0 Å². The summed E-state index contributed by atoms with van der Waals surface area (Å²) >= 11 is 0. The minimum atomic E-state index is -4.52.